The third kappa shape index (κ3) is 1.78. The predicted molar refractivity (Wildman–Crippen MR) is 63.5 cm³/mol. The van der Waals surface area contributed by atoms with Gasteiger partial charge in [0.05, 0.1) is 12.9 Å². The Bertz CT molecular complexity index is 697. The number of aliphatic hydroxyl groups is 3. The summed E-state index contributed by atoms with van der Waals surface area (Å²) in [4.78, 5) is 19.2. The molecule has 3 heterocycles. The molecule has 108 valence electrons. The summed E-state index contributed by atoms with van der Waals surface area (Å²) in [5.41, 5.74) is 4.58. The molecule has 20 heavy (non-hydrogen) atoms. The molecule has 1 fully saturated rings. The molecule has 1 saturated heterocycles. The van der Waals surface area contributed by atoms with Crippen LogP contribution < -0.4 is 11.4 Å². The molecular weight excluding hydrogens is 272 g/mol. The van der Waals surface area contributed by atoms with Crippen molar-refractivity contribution >= 4 is 17.2 Å². The zero-order chi connectivity index (χ0) is 14.4. The molecule has 0 aromatic carbocycles. The van der Waals surface area contributed by atoms with E-state index < -0.39 is 36.8 Å². The number of hydrogen-bond acceptors (Lipinski definition) is 9. The summed E-state index contributed by atoms with van der Waals surface area (Å²) >= 11 is 0. The first-order valence-electron chi connectivity index (χ1n) is 5.78. The summed E-state index contributed by atoms with van der Waals surface area (Å²) in [7, 11) is 0. The fraction of sp³-hybridized carbons (Fsp3) is 0.500. The maximum Gasteiger partial charge on any atom is 0.368 e. The first-order valence-corrected chi connectivity index (χ1v) is 5.78. The highest BCUT2D eigenvalue weighted by atomic mass is 16.6. The number of aliphatic hydroxyl groups excluding tert-OH is 3. The van der Waals surface area contributed by atoms with Crippen LogP contribution in [0.1, 0.15) is 6.23 Å². The van der Waals surface area contributed by atoms with Gasteiger partial charge in [-0.2, -0.15) is 4.98 Å². The van der Waals surface area contributed by atoms with E-state index in [0.29, 0.717) is 0 Å². The topological polar surface area (TPSA) is 157 Å². The minimum Gasteiger partial charge on any atom is -0.394 e. The SMILES string of the molecule is Nc1nc2c(ncn2[C@@H]2O[C@H](CO)[C@H](O)[C@H]2O)c(=O)o1. The van der Waals surface area contributed by atoms with Gasteiger partial charge in [0.1, 0.15) is 18.3 Å². The summed E-state index contributed by atoms with van der Waals surface area (Å²) in [6.07, 6.45) is -3.33. The number of rotatable bonds is 2. The molecule has 0 radical (unpaired) electrons. The maximum absolute atomic E-state index is 11.5. The normalized spacial score (nSPS) is 30.1. The number of nitrogen functional groups attached to an aromatic ring is 1. The van der Waals surface area contributed by atoms with E-state index in [1.165, 1.54) is 10.9 Å². The average Bonchev–Trinajstić information content (AvgIpc) is 2.93. The molecule has 2 aromatic heterocycles. The first-order chi connectivity index (χ1) is 9.52. The lowest BCUT2D eigenvalue weighted by Gasteiger charge is -2.16. The van der Waals surface area contributed by atoms with Crippen LogP contribution in [-0.2, 0) is 4.74 Å². The quantitative estimate of drug-likeness (QED) is 0.471. The summed E-state index contributed by atoms with van der Waals surface area (Å²) in [6.45, 7) is -0.459. The van der Waals surface area contributed by atoms with Crippen LogP contribution in [0.25, 0.3) is 11.2 Å². The summed E-state index contributed by atoms with van der Waals surface area (Å²) in [6, 6.07) is -0.351. The molecule has 5 N–H and O–H groups in total. The molecule has 0 unspecified atom stereocenters. The Morgan fingerprint density at radius 2 is 2.15 bits per heavy atom. The second kappa shape index (κ2) is 4.52. The van der Waals surface area contributed by atoms with Crippen LogP contribution in [0.15, 0.2) is 15.5 Å². The van der Waals surface area contributed by atoms with E-state index in [4.69, 9.17) is 15.6 Å². The third-order valence-corrected chi connectivity index (χ3v) is 3.17. The number of imidazole rings is 1. The van der Waals surface area contributed by atoms with Crippen molar-refractivity contribution in [1.82, 2.24) is 14.5 Å². The largest absolute Gasteiger partial charge is 0.394 e. The number of nitrogens with two attached hydrogens (primary N) is 1. The Morgan fingerprint density at radius 1 is 1.40 bits per heavy atom. The van der Waals surface area contributed by atoms with Crippen molar-refractivity contribution in [3.05, 3.63) is 16.7 Å². The maximum atomic E-state index is 11.5. The molecular formula is C10H12N4O6. The molecule has 0 bridgehead atoms. The van der Waals surface area contributed by atoms with Gasteiger partial charge in [-0.05, 0) is 0 Å². The molecule has 1 aliphatic rings. The van der Waals surface area contributed by atoms with Crippen LogP contribution in [-0.4, -0.2) is 54.8 Å². The van der Waals surface area contributed by atoms with E-state index in [0.717, 1.165) is 0 Å². The van der Waals surface area contributed by atoms with Gasteiger partial charge in [-0.1, -0.05) is 0 Å². The highest BCUT2D eigenvalue weighted by molar-refractivity contribution is 5.69. The Hall–Kier alpha value is -2.01. The van der Waals surface area contributed by atoms with Gasteiger partial charge in [0.2, 0.25) is 0 Å². The summed E-state index contributed by atoms with van der Waals surface area (Å²) in [5.74, 6) is 0. The number of aromatic nitrogens is 3. The number of ether oxygens (including phenoxy) is 1. The monoisotopic (exact) mass is 284 g/mol. The fourth-order valence-electron chi connectivity index (χ4n) is 2.18. The Kier molecular flexibility index (Phi) is 2.94. The lowest BCUT2D eigenvalue weighted by molar-refractivity contribution is -0.0511. The van der Waals surface area contributed by atoms with Crippen LogP contribution in [0.5, 0.6) is 0 Å². The zero-order valence-electron chi connectivity index (χ0n) is 10.1. The average molecular weight is 284 g/mol. The second-order valence-electron chi connectivity index (χ2n) is 4.39. The van der Waals surface area contributed by atoms with E-state index in [9.17, 15) is 15.0 Å². The minimum atomic E-state index is -1.31. The summed E-state index contributed by atoms with van der Waals surface area (Å²) < 4.78 is 11.2. The van der Waals surface area contributed by atoms with E-state index in [2.05, 4.69) is 14.4 Å². The highest BCUT2D eigenvalue weighted by Gasteiger charge is 2.44. The number of fused-ring (bicyclic) bond motifs is 1. The van der Waals surface area contributed by atoms with Gasteiger partial charge in [-0.15, -0.1) is 0 Å². The van der Waals surface area contributed by atoms with Gasteiger partial charge in [0, 0.05) is 0 Å². The molecule has 2 aromatic rings. The van der Waals surface area contributed by atoms with Crippen molar-refractivity contribution in [3.63, 3.8) is 0 Å². The molecule has 10 nitrogen and oxygen atoms in total. The smallest absolute Gasteiger partial charge is 0.368 e. The molecule has 0 amide bonds. The van der Waals surface area contributed by atoms with Gasteiger partial charge in [0.25, 0.3) is 6.01 Å². The van der Waals surface area contributed by atoms with Gasteiger partial charge < -0.3 is 30.2 Å². The van der Waals surface area contributed by atoms with Crippen molar-refractivity contribution in [2.45, 2.75) is 24.5 Å². The molecule has 0 saturated carbocycles. The molecule has 0 aliphatic carbocycles. The van der Waals surface area contributed by atoms with Crippen LogP contribution in [0, 0.1) is 0 Å². The standard InChI is InChI=1S/C10H12N4O6/c11-10-13-7-4(9(18)20-10)12-2-14(7)8-6(17)5(16)3(1-15)19-8/h2-3,5-6,8,15-17H,1H2,(H2,11,13)/t3-,5+,6-,8-/m1/s1. The second-order valence-corrected chi connectivity index (χ2v) is 4.39. The van der Waals surface area contributed by atoms with Crippen LogP contribution in [0.2, 0.25) is 0 Å². The molecule has 1 aliphatic heterocycles. The Balaban J connectivity index is 2.09. The zero-order valence-corrected chi connectivity index (χ0v) is 10.1. The van der Waals surface area contributed by atoms with Crippen LogP contribution >= 0.6 is 0 Å². The van der Waals surface area contributed by atoms with Gasteiger partial charge >= 0.3 is 5.63 Å². The molecule has 3 rings (SSSR count). The minimum absolute atomic E-state index is 0.0635. The Morgan fingerprint density at radius 3 is 2.80 bits per heavy atom. The molecule has 0 spiro atoms. The third-order valence-electron chi connectivity index (χ3n) is 3.17. The number of nitrogens with zero attached hydrogens (tertiary/aromatic N) is 3. The number of hydrogen-bond donors (Lipinski definition) is 4. The van der Waals surface area contributed by atoms with Crippen molar-refractivity contribution in [3.8, 4) is 0 Å². The van der Waals surface area contributed by atoms with Gasteiger partial charge in [0.15, 0.2) is 17.4 Å². The van der Waals surface area contributed by atoms with Crippen molar-refractivity contribution in [2.24, 2.45) is 0 Å². The fourth-order valence-corrected chi connectivity index (χ4v) is 2.18. The van der Waals surface area contributed by atoms with E-state index in [1.807, 2.05) is 0 Å². The van der Waals surface area contributed by atoms with E-state index >= 15 is 0 Å². The van der Waals surface area contributed by atoms with Crippen molar-refractivity contribution in [2.75, 3.05) is 12.3 Å². The van der Waals surface area contributed by atoms with Crippen LogP contribution in [0.3, 0.4) is 0 Å². The molecule has 10 heteroatoms. The van der Waals surface area contributed by atoms with E-state index in [1.54, 1.807) is 0 Å². The van der Waals surface area contributed by atoms with E-state index in [-0.39, 0.29) is 17.2 Å². The van der Waals surface area contributed by atoms with Crippen molar-refractivity contribution < 1.29 is 24.5 Å². The first kappa shape index (κ1) is 13.0. The summed E-state index contributed by atoms with van der Waals surface area (Å²) in [5, 5.41) is 28.7. The Labute approximate surface area is 111 Å². The van der Waals surface area contributed by atoms with Crippen LogP contribution in [0.4, 0.5) is 6.01 Å². The highest BCUT2D eigenvalue weighted by Crippen LogP contribution is 2.30. The lowest BCUT2D eigenvalue weighted by Crippen LogP contribution is -2.33. The van der Waals surface area contributed by atoms with Gasteiger partial charge in [-0.3, -0.25) is 4.57 Å². The number of anilines is 1. The van der Waals surface area contributed by atoms with Crippen molar-refractivity contribution in [1.29, 1.82) is 0 Å². The lowest BCUT2D eigenvalue weighted by atomic mass is 10.1. The van der Waals surface area contributed by atoms with Gasteiger partial charge in [-0.25, -0.2) is 9.78 Å². The predicted octanol–water partition coefficient (Wildman–Crippen LogP) is -2.42. The molecule has 4 atom stereocenters.